The number of primary amides is 3. The summed E-state index contributed by atoms with van der Waals surface area (Å²) in [5.41, 5.74) is 20.6. The molecule has 0 aromatic carbocycles. The van der Waals surface area contributed by atoms with Gasteiger partial charge >= 0.3 is 0 Å². The Hall–Kier alpha value is -1.71. The van der Waals surface area contributed by atoms with Crippen LogP contribution in [0.4, 0.5) is 0 Å². The van der Waals surface area contributed by atoms with Crippen LogP contribution in [0.15, 0.2) is 0 Å². The zero-order chi connectivity index (χ0) is 14.1. The molecule has 0 heterocycles. The Morgan fingerprint density at radius 1 is 0.722 bits per heavy atom. The van der Waals surface area contributed by atoms with Crippen LogP contribution in [0.3, 0.4) is 0 Å². The van der Waals surface area contributed by atoms with E-state index < -0.39 is 17.7 Å². The van der Waals surface area contributed by atoms with Gasteiger partial charge in [0, 0.05) is 19.8 Å². The highest BCUT2D eigenvalue weighted by molar-refractivity contribution is 5.79. The smallest absolute Gasteiger partial charge is 0.231 e. The lowest BCUT2D eigenvalue weighted by atomic mass is 10.4. The fraction of sp³-hybridized carbons (Fsp3) is 0.667. The minimum absolute atomic E-state index is 0.0114. The molecule has 9 nitrogen and oxygen atoms in total. The predicted octanol–water partition coefficient (Wildman–Crippen LogP) is -4.04. The number of nitrogens with two attached hydrogens (primary N) is 4. The standard InChI is InChI=1S/C9H20N6O3/c10-6-15(5-9(13)18)2-1-14(3-7(11)16)4-8(12)17/h1-6,10H2,(H2,11,16)(H2,12,17)(H2,13,18). The average Bonchev–Trinajstić information content (AvgIpc) is 2.21. The highest BCUT2D eigenvalue weighted by atomic mass is 16.2. The van der Waals surface area contributed by atoms with Gasteiger partial charge in [-0.05, 0) is 0 Å². The van der Waals surface area contributed by atoms with E-state index in [0.29, 0.717) is 13.1 Å². The number of rotatable bonds is 10. The van der Waals surface area contributed by atoms with Gasteiger partial charge in [0.15, 0.2) is 0 Å². The molecule has 0 saturated carbocycles. The van der Waals surface area contributed by atoms with Crippen LogP contribution in [0.1, 0.15) is 0 Å². The van der Waals surface area contributed by atoms with Gasteiger partial charge in [-0.1, -0.05) is 0 Å². The summed E-state index contributed by atoms with van der Waals surface area (Å²) in [6.07, 6.45) is 0. The van der Waals surface area contributed by atoms with Gasteiger partial charge in [0.1, 0.15) is 0 Å². The highest BCUT2D eigenvalue weighted by Crippen LogP contribution is 1.91. The van der Waals surface area contributed by atoms with Gasteiger partial charge in [0.2, 0.25) is 17.7 Å². The van der Waals surface area contributed by atoms with E-state index in [9.17, 15) is 14.4 Å². The van der Waals surface area contributed by atoms with Gasteiger partial charge in [-0.2, -0.15) is 0 Å². The highest BCUT2D eigenvalue weighted by Gasteiger charge is 2.13. The molecule has 0 unspecified atom stereocenters. The van der Waals surface area contributed by atoms with Crippen molar-refractivity contribution >= 4 is 17.7 Å². The van der Waals surface area contributed by atoms with Gasteiger partial charge in [0.05, 0.1) is 19.6 Å². The summed E-state index contributed by atoms with van der Waals surface area (Å²) in [6, 6.07) is 0. The minimum Gasteiger partial charge on any atom is -0.369 e. The number of hydrogen-bond donors (Lipinski definition) is 4. The molecule has 0 aromatic rings. The van der Waals surface area contributed by atoms with Crippen LogP contribution in [0, 0.1) is 0 Å². The second kappa shape index (κ2) is 8.39. The summed E-state index contributed by atoms with van der Waals surface area (Å²) in [7, 11) is 0. The lowest BCUT2D eigenvalue weighted by molar-refractivity contribution is -0.123. The van der Waals surface area contributed by atoms with E-state index in [1.54, 1.807) is 4.90 Å². The maximum absolute atomic E-state index is 10.8. The predicted molar refractivity (Wildman–Crippen MR) is 64.7 cm³/mol. The molecule has 0 aromatic heterocycles. The molecular formula is C9H20N6O3. The summed E-state index contributed by atoms with van der Waals surface area (Å²) in [5, 5.41) is 0. The SMILES string of the molecule is NCN(CCN(CC(N)=O)CC(N)=O)CC(N)=O. The molecule has 0 rings (SSSR count). The molecular weight excluding hydrogens is 240 g/mol. The van der Waals surface area contributed by atoms with Crippen molar-refractivity contribution in [1.29, 1.82) is 0 Å². The minimum atomic E-state index is -0.564. The Morgan fingerprint density at radius 2 is 1.06 bits per heavy atom. The van der Waals surface area contributed by atoms with Crippen LogP contribution < -0.4 is 22.9 Å². The fourth-order valence-corrected chi connectivity index (χ4v) is 1.39. The van der Waals surface area contributed by atoms with Crippen LogP contribution in [0.5, 0.6) is 0 Å². The van der Waals surface area contributed by atoms with Crippen molar-refractivity contribution in [3.05, 3.63) is 0 Å². The molecule has 0 fully saturated rings. The molecule has 0 bridgehead atoms. The second-order valence-corrected chi connectivity index (χ2v) is 3.84. The lowest BCUT2D eigenvalue weighted by Crippen LogP contribution is -2.46. The molecule has 9 heteroatoms. The quantitative estimate of drug-likeness (QED) is 0.292. The molecule has 0 aliphatic carbocycles. The Labute approximate surface area is 105 Å². The first-order chi connectivity index (χ1) is 8.35. The molecule has 0 aliphatic rings. The first-order valence-electron chi connectivity index (χ1n) is 5.34. The zero-order valence-electron chi connectivity index (χ0n) is 10.2. The van der Waals surface area contributed by atoms with Crippen molar-refractivity contribution in [2.24, 2.45) is 22.9 Å². The van der Waals surface area contributed by atoms with E-state index >= 15 is 0 Å². The average molecular weight is 260 g/mol. The topological polar surface area (TPSA) is 162 Å². The van der Waals surface area contributed by atoms with Crippen LogP contribution in [0.25, 0.3) is 0 Å². The number of nitrogens with zero attached hydrogens (tertiary/aromatic N) is 2. The van der Waals surface area contributed by atoms with E-state index in [4.69, 9.17) is 22.9 Å². The van der Waals surface area contributed by atoms with E-state index in [0.717, 1.165) is 0 Å². The Balaban J connectivity index is 4.25. The number of hydrogen-bond acceptors (Lipinski definition) is 6. The summed E-state index contributed by atoms with van der Waals surface area (Å²) in [6.45, 7) is 0.688. The third-order valence-electron chi connectivity index (χ3n) is 2.13. The third-order valence-corrected chi connectivity index (χ3v) is 2.13. The number of carbonyl (C=O) groups excluding carboxylic acids is 3. The van der Waals surface area contributed by atoms with E-state index in [1.165, 1.54) is 4.90 Å². The molecule has 0 aliphatic heterocycles. The largest absolute Gasteiger partial charge is 0.369 e. The summed E-state index contributed by atoms with van der Waals surface area (Å²) in [4.78, 5) is 35.4. The molecule has 8 N–H and O–H groups in total. The monoisotopic (exact) mass is 260 g/mol. The maximum Gasteiger partial charge on any atom is 0.231 e. The van der Waals surface area contributed by atoms with Crippen molar-refractivity contribution in [3.8, 4) is 0 Å². The molecule has 0 saturated heterocycles. The second-order valence-electron chi connectivity index (χ2n) is 3.84. The van der Waals surface area contributed by atoms with Gasteiger partial charge in [-0.15, -0.1) is 0 Å². The molecule has 0 atom stereocenters. The number of carbonyl (C=O) groups is 3. The zero-order valence-corrected chi connectivity index (χ0v) is 10.2. The van der Waals surface area contributed by atoms with Crippen LogP contribution in [0.2, 0.25) is 0 Å². The molecule has 3 amide bonds. The summed E-state index contributed by atoms with van der Waals surface area (Å²) < 4.78 is 0. The van der Waals surface area contributed by atoms with Gasteiger partial charge in [0.25, 0.3) is 0 Å². The van der Waals surface area contributed by atoms with Crippen molar-refractivity contribution < 1.29 is 14.4 Å². The lowest BCUT2D eigenvalue weighted by Gasteiger charge is -2.24. The first-order valence-corrected chi connectivity index (χ1v) is 5.34. The van der Waals surface area contributed by atoms with E-state index in [-0.39, 0.29) is 26.3 Å². The summed E-state index contributed by atoms with van der Waals surface area (Å²) in [5.74, 6) is -1.63. The third kappa shape index (κ3) is 8.44. The molecule has 104 valence electrons. The molecule has 0 radical (unpaired) electrons. The van der Waals surface area contributed by atoms with E-state index in [1.807, 2.05) is 0 Å². The van der Waals surface area contributed by atoms with Crippen LogP contribution in [-0.4, -0.2) is 66.9 Å². The molecule has 18 heavy (non-hydrogen) atoms. The van der Waals surface area contributed by atoms with E-state index in [2.05, 4.69) is 0 Å². The van der Waals surface area contributed by atoms with Crippen molar-refractivity contribution in [2.45, 2.75) is 0 Å². The first kappa shape index (κ1) is 16.3. The van der Waals surface area contributed by atoms with Crippen LogP contribution >= 0.6 is 0 Å². The van der Waals surface area contributed by atoms with Gasteiger partial charge in [-0.25, -0.2) is 0 Å². The Morgan fingerprint density at radius 3 is 1.39 bits per heavy atom. The Kier molecular flexibility index (Phi) is 7.59. The Bertz CT molecular complexity index is 293. The van der Waals surface area contributed by atoms with Crippen molar-refractivity contribution in [1.82, 2.24) is 9.80 Å². The van der Waals surface area contributed by atoms with Gasteiger partial charge in [-0.3, -0.25) is 24.2 Å². The maximum atomic E-state index is 10.8. The van der Waals surface area contributed by atoms with Crippen molar-refractivity contribution in [3.63, 3.8) is 0 Å². The fourth-order valence-electron chi connectivity index (χ4n) is 1.39. The van der Waals surface area contributed by atoms with Crippen molar-refractivity contribution in [2.75, 3.05) is 39.4 Å². The number of amides is 3. The van der Waals surface area contributed by atoms with Crippen LogP contribution in [-0.2, 0) is 14.4 Å². The summed E-state index contributed by atoms with van der Waals surface area (Å²) >= 11 is 0. The van der Waals surface area contributed by atoms with Gasteiger partial charge < -0.3 is 22.9 Å². The molecule has 0 spiro atoms. The normalized spacial score (nSPS) is 10.8.